The highest BCUT2D eigenvalue weighted by molar-refractivity contribution is 5.75. The molecular formula is C39H47N. The van der Waals surface area contributed by atoms with Gasteiger partial charge in [-0.1, -0.05) is 139 Å². The second-order valence-electron chi connectivity index (χ2n) is 9.14. The van der Waals surface area contributed by atoms with Gasteiger partial charge in [0.2, 0.25) is 0 Å². The largest absolute Gasteiger partial charge is 0.310 e. The first kappa shape index (κ1) is 32.1. The minimum atomic E-state index is -0.250. The standard InChI is InChI=1S/C35H35N.2C2H6/c1-7-16-29-25-35(24-26(29)9-3)31(10-4)33(11-5)36(34(12-6)32(35)17-8-2)30-22-20-28(21-23-30)27-18-14-13-15-19-27;2*1-2/h7-23H,2-5,24-25H2,1,6H3;2*1-2H3/b16-7-,32-17+,34-12+;;. The first-order valence-electron chi connectivity index (χ1n) is 14.5. The third kappa shape index (κ3) is 6.05. The molecule has 0 amide bonds. The zero-order valence-electron chi connectivity index (χ0n) is 25.5. The maximum absolute atomic E-state index is 4.28. The van der Waals surface area contributed by atoms with E-state index in [-0.39, 0.29) is 5.41 Å². The van der Waals surface area contributed by atoms with E-state index < -0.39 is 0 Å². The summed E-state index contributed by atoms with van der Waals surface area (Å²) >= 11 is 0. The molecule has 1 atom stereocenters. The van der Waals surface area contributed by atoms with Crippen molar-refractivity contribution in [1.82, 2.24) is 0 Å². The zero-order chi connectivity index (χ0) is 29.7. The molecule has 2 aromatic rings. The molecule has 0 radical (unpaired) electrons. The SMILES string of the molecule is C=C/C=C1\C(=C/C)N(c2ccc(-c3ccccc3)cc2)C(C=C)=C(C=C)C12CC(C=C)=C(/C=C\C)C2.CC.CC. The Labute approximate surface area is 244 Å². The van der Waals surface area contributed by atoms with Gasteiger partial charge in [-0.05, 0) is 78.3 Å². The summed E-state index contributed by atoms with van der Waals surface area (Å²) in [5.74, 6) is 0. The Kier molecular flexibility index (Phi) is 12.4. The predicted molar refractivity (Wildman–Crippen MR) is 180 cm³/mol. The summed E-state index contributed by atoms with van der Waals surface area (Å²) in [6.07, 6.45) is 18.4. The highest BCUT2D eigenvalue weighted by Crippen LogP contribution is 2.59. The number of nitrogens with zero attached hydrogens (tertiary/aromatic N) is 1. The molecule has 2 aliphatic rings. The quantitative estimate of drug-likeness (QED) is 0.345. The molecule has 0 aromatic heterocycles. The molecule has 1 aliphatic carbocycles. The van der Waals surface area contributed by atoms with Crippen LogP contribution < -0.4 is 4.90 Å². The monoisotopic (exact) mass is 529 g/mol. The summed E-state index contributed by atoms with van der Waals surface area (Å²) in [4.78, 5) is 2.31. The lowest BCUT2D eigenvalue weighted by molar-refractivity contribution is 0.457. The summed E-state index contributed by atoms with van der Waals surface area (Å²) in [7, 11) is 0. The first-order chi connectivity index (χ1) is 19.6. The normalized spacial score (nSPS) is 20.3. The van der Waals surface area contributed by atoms with Gasteiger partial charge in [-0.15, -0.1) is 0 Å². The van der Waals surface area contributed by atoms with Crippen molar-refractivity contribution in [3.05, 3.63) is 163 Å². The van der Waals surface area contributed by atoms with Crippen molar-refractivity contribution < 1.29 is 0 Å². The minimum absolute atomic E-state index is 0.250. The highest BCUT2D eigenvalue weighted by atomic mass is 15.2. The number of anilines is 1. The second kappa shape index (κ2) is 15.5. The zero-order valence-corrected chi connectivity index (χ0v) is 25.5. The van der Waals surface area contributed by atoms with Crippen molar-refractivity contribution in [3.8, 4) is 11.1 Å². The fourth-order valence-electron chi connectivity index (χ4n) is 5.76. The van der Waals surface area contributed by atoms with Crippen molar-refractivity contribution >= 4 is 5.69 Å². The van der Waals surface area contributed by atoms with Gasteiger partial charge < -0.3 is 4.90 Å². The van der Waals surface area contributed by atoms with Crippen molar-refractivity contribution in [2.24, 2.45) is 5.41 Å². The van der Waals surface area contributed by atoms with Crippen LogP contribution in [-0.4, -0.2) is 0 Å². The Morgan fingerprint density at radius 1 is 0.725 bits per heavy atom. The maximum Gasteiger partial charge on any atom is 0.0496 e. The van der Waals surface area contributed by atoms with E-state index in [4.69, 9.17) is 0 Å². The predicted octanol–water partition coefficient (Wildman–Crippen LogP) is 11.7. The van der Waals surface area contributed by atoms with Crippen LogP contribution in [0.5, 0.6) is 0 Å². The topological polar surface area (TPSA) is 3.24 Å². The molecule has 4 rings (SSSR count). The molecule has 1 heteroatoms. The molecule has 0 saturated carbocycles. The van der Waals surface area contributed by atoms with Crippen LogP contribution in [0, 0.1) is 5.41 Å². The Morgan fingerprint density at radius 2 is 1.32 bits per heavy atom. The van der Waals surface area contributed by atoms with Crippen LogP contribution in [0.4, 0.5) is 5.69 Å². The van der Waals surface area contributed by atoms with Crippen molar-refractivity contribution in [2.45, 2.75) is 54.4 Å². The van der Waals surface area contributed by atoms with Crippen molar-refractivity contribution in [3.63, 3.8) is 0 Å². The number of rotatable bonds is 7. The first-order valence-corrected chi connectivity index (χ1v) is 14.5. The summed E-state index contributed by atoms with van der Waals surface area (Å²) < 4.78 is 0. The van der Waals surface area contributed by atoms with Crippen LogP contribution in [0.25, 0.3) is 11.1 Å². The Balaban J connectivity index is 0.00000134. The van der Waals surface area contributed by atoms with E-state index in [2.05, 4.69) is 118 Å². The number of hydrogen-bond acceptors (Lipinski definition) is 1. The molecule has 1 nitrogen and oxygen atoms in total. The van der Waals surface area contributed by atoms with Crippen LogP contribution in [0.15, 0.2) is 163 Å². The maximum atomic E-state index is 4.28. The van der Waals surface area contributed by atoms with E-state index in [1.165, 1.54) is 33.4 Å². The van der Waals surface area contributed by atoms with E-state index in [9.17, 15) is 0 Å². The van der Waals surface area contributed by atoms with Gasteiger partial charge in [0.05, 0.1) is 0 Å². The molecule has 1 spiro atoms. The molecular weight excluding hydrogens is 482 g/mol. The van der Waals surface area contributed by atoms with Gasteiger partial charge in [-0.2, -0.15) is 0 Å². The number of hydrogen-bond donors (Lipinski definition) is 0. The van der Waals surface area contributed by atoms with Crippen LogP contribution in [0.3, 0.4) is 0 Å². The van der Waals surface area contributed by atoms with Crippen LogP contribution in [-0.2, 0) is 0 Å². The van der Waals surface area contributed by atoms with Crippen LogP contribution in [0.1, 0.15) is 54.4 Å². The third-order valence-corrected chi connectivity index (χ3v) is 7.26. The van der Waals surface area contributed by atoms with Crippen molar-refractivity contribution in [1.29, 1.82) is 0 Å². The van der Waals surface area contributed by atoms with Gasteiger partial charge in [0.1, 0.15) is 0 Å². The minimum Gasteiger partial charge on any atom is -0.310 e. The van der Waals surface area contributed by atoms with E-state index in [0.717, 1.165) is 29.9 Å². The van der Waals surface area contributed by atoms with E-state index in [1.54, 1.807) is 0 Å². The molecule has 0 N–H and O–H groups in total. The molecule has 1 unspecified atom stereocenters. The van der Waals surface area contributed by atoms with Gasteiger partial charge in [-0.25, -0.2) is 0 Å². The Morgan fingerprint density at radius 3 is 1.82 bits per heavy atom. The van der Waals surface area contributed by atoms with Crippen molar-refractivity contribution in [2.75, 3.05) is 4.90 Å². The van der Waals surface area contributed by atoms with Gasteiger partial charge in [-0.3, -0.25) is 0 Å². The average Bonchev–Trinajstić information content (AvgIpc) is 3.39. The van der Waals surface area contributed by atoms with Crippen LogP contribution in [0.2, 0.25) is 0 Å². The molecule has 1 aliphatic heterocycles. The van der Waals surface area contributed by atoms with Gasteiger partial charge in [0.15, 0.2) is 0 Å². The van der Waals surface area contributed by atoms with E-state index in [1.807, 2.05) is 58.1 Å². The smallest absolute Gasteiger partial charge is 0.0496 e. The molecule has 2 aromatic carbocycles. The summed E-state index contributed by atoms with van der Waals surface area (Å²) in [6, 6.07) is 19.2. The number of allylic oxidation sites excluding steroid dienone is 12. The Bertz CT molecular complexity index is 1340. The summed E-state index contributed by atoms with van der Waals surface area (Å²) in [5.41, 5.74) is 10.5. The molecule has 208 valence electrons. The van der Waals surface area contributed by atoms with Crippen LogP contribution >= 0.6 is 0 Å². The number of benzene rings is 2. The van der Waals surface area contributed by atoms with Gasteiger partial charge in [0, 0.05) is 22.5 Å². The summed E-state index contributed by atoms with van der Waals surface area (Å²) in [6.45, 7) is 28.9. The molecule has 0 bridgehead atoms. The lowest BCUT2D eigenvalue weighted by Gasteiger charge is -2.46. The molecule has 40 heavy (non-hydrogen) atoms. The lowest BCUT2D eigenvalue weighted by atomic mass is 9.66. The summed E-state index contributed by atoms with van der Waals surface area (Å²) in [5, 5.41) is 0. The molecule has 1 heterocycles. The lowest BCUT2D eigenvalue weighted by Crippen LogP contribution is -2.38. The Hall–Kier alpha value is -4.10. The fraction of sp³-hybridized carbons (Fsp3) is 0.231. The fourth-order valence-corrected chi connectivity index (χ4v) is 5.76. The second-order valence-corrected chi connectivity index (χ2v) is 9.14. The highest BCUT2D eigenvalue weighted by Gasteiger charge is 2.48. The average molecular weight is 530 g/mol. The third-order valence-electron chi connectivity index (χ3n) is 7.26. The molecule has 0 fully saturated rings. The van der Waals surface area contributed by atoms with Gasteiger partial charge >= 0.3 is 0 Å². The van der Waals surface area contributed by atoms with Gasteiger partial charge in [0.25, 0.3) is 0 Å². The molecule has 0 saturated heterocycles. The van der Waals surface area contributed by atoms with E-state index >= 15 is 0 Å². The van der Waals surface area contributed by atoms with E-state index in [0.29, 0.717) is 0 Å².